The summed E-state index contributed by atoms with van der Waals surface area (Å²) in [5.41, 5.74) is 4.31. The van der Waals surface area contributed by atoms with Gasteiger partial charge in [0.05, 0.1) is 23.6 Å². The lowest BCUT2D eigenvalue weighted by Gasteiger charge is -2.26. The fraction of sp³-hybridized carbons (Fsp3) is 0.250. The summed E-state index contributed by atoms with van der Waals surface area (Å²) in [6.07, 6.45) is 3.04. The smallest absolute Gasteiger partial charge is 0.317 e. The van der Waals surface area contributed by atoms with Gasteiger partial charge in [-0.15, -0.1) is 0 Å². The average Bonchev–Trinajstić information content (AvgIpc) is 2.87. The molecule has 6 nitrogen and oxygen atoms in total. The molecule has 1 aromatic heterocycles. The van der Waals surface area contributed by atoms with Gasteiger partial charge in [-0.05, 0) is 67.1 Å². The first-order valence-electron chi connectivity index (χ1n) is 11.8. The van der Waals surface area contributed by atoms with Crippen LogP contribution in [0.25, 0.3) is 11.0 Å². The van der Waals surface area contributed by atoms with E-state index < -0.39 is 11.1 Å². The van der Waals surface area contributed by atoms with Gasteiger partial charge in [0.1, 0.15) is 0 Å². The highest BCUT2D eigenvalue weighted by atomic mass is 16.2. The Balaban J connectivity index is 1.38. The number of carbonyl (C=O) groups is 1. The Labute approximate surface area is 197 Å². The van der Waals surface area contributed by atoms with E-state index in [0.29, 0.717) is 17.6 Å². The fourth-order valence-electron chi connectivity index (χ4n) is 4.93. The van der Waals surface area contributed by atoms with Gasteiger partial charge >= 0.3 is 11.1 Å². The van der Waals surface area contributed by atoms with Crippen molar-refractivity contribution in [2.45, 2.75) is 45.3 Å². The molecule has 34 heavy (non-hydrogen) atoms. The molecule has 5 rings (SSSR count). The minimum Gasteiger partial charge on any atom is -0.345 e. The number of fused-ring (bicyclic) bond motifs is 2. The molecule has 0 saturated carbocycles. The molecule has 0 saturated heterocycles. The van der Waals surface area contributed by atoms with Gasteiger partial charge in [-0.3, -0.25) is 19.0 Å². The Morgan fingerprint density at radius 2 is 1.53 bits per heavy atom. The second kappa shape index (κ2) is 9.14. The number of carbonyl (C=O) groups excluding carboxylic acids is 1. The number of para-hydroxylation sites is 2. The normalized spacial score (nSPS) is 15.1. The van der Waals surface area contributed by atoms with E-state index in [1.165, 1.54) is 20.3 Å². The van der Waals surface area contributed by atoms with E-state index in [9.17, 15) is 14.4 Å². The minimum absolute atomic E-state index is 0.0205. The van der Waals surface area contributed by atoms with Crippen LogP contribution < -0.4 is 16.4 Å². The second-order valence-corrected chi connectivity index (χ2v) is 8.74. The quantitative estimate of drug-likeness (QED) is 0.464. The SMILES string of the molecule is CCn1c(=O)c(=O)n(Cc2ccc(C(=O)NC3CCCc4ccccc43)cc2)c2ccccc21. The third kappa shape index (κ3) is 3.96. The Morgan fingerprint density at radius 1 is 0.882 bits per heavy atom. The summed E-state index contributed by atoms with van der Waals surface area (Å²) in [5, 5.41) is 3.18. The van der Waals surface area contributed by atoms with E-state index in [4.69, 9.17) is 0 Å². The molecule has 1 amide bonds. The number of hydrogen-bond donors (Lipinski definition) is 1. The maximum atomic E-state index is 12.9. The molecular formula is C28H27N3O3. The maximum absolute atomic E-state index is 12.9. The molecule has 1 unspecified atom stereocenters. The number of aryl methyl sites for hydroxylation is 2. The van der Waals surface area contributed by atoms with Crippen molar-refractivity contribution in [2.75, 3.05) is 0 Å². The van der Waals surface area contributed by atoms with Crippen molar-refractivity contribution in [2.24, 2.45) is 0 Å². The summed E-state index contributed by atoms with van der Waals surface area (Å²) in [4.78, 5) is 38.4. The van der Waals surface area contributed by atoms with Gasteiger partial charge in [0.15, 0.2) is 0 Å². The predicted molar refractivity (Wildman–Crippen MR) is 133 cm³/mol. The zero-order valence-electron chi connectivity index (χ0n) is 19.2. The predicted octanol–water partition coefficient (Wildman–Crippen LogP) is 4.04. The number of rotatable bonds is 5. The lowest BCUT2D eigenvalue weighted by Crippen LogP contribution is -2.41. The monoisotopic (exact) mass is 453 g/mol. The Morgan fingerprint density at radius 3 is 2.26 bits per heavy atom. The van der Waals surface area contributed by atoms with Crippen molar-refractivity contribution in [1.29, 1.82) is 0 Å². The van der Waals surface area contributed by atoms with E-state index in [-0.39, 0.29) is 18.5 Å². The highest BCUT2D eigenvalue weighted by molar-refractivity contribution is 5.94. The Kier molecular flexibility index (Phi) is 5.88. The largest absolute Gasteiger partial charge is 0.345 e. The molecular weight excluding hydrogens is 426 g/mol. The summed E-state index contributed by atoms with van der Waals surface area (Å²) in [6.45, 7) is 2.55. The summed E-state index contributed by atoms with van der Waals surface area (Å²) < 4.78 is 3.02. The van der Waals surface area contributed by atoms with Crippen LogP contribution in [0.15, 0.2) is 82.4 Å². The lowest BCUT2D eigenvalue weighted by atomic mass is 9.87. The molecule has 0 fully saturated rings. The first kappa shape index (κ1) is 21.9. The molecule has 6 heteroatoms. The van der Waals surface area contributed by atoms with Crippen molar-refractivity contribution in [3.05, 3.63) is 116 Å². The molecule has 0 bridgehead atoms. The van der Waals surface area contributed by atoms with Crippen molar-refractivity contribution >= 4 is 16.9 Å². The van der Waals surface area contributed by atoms with E-state index in [1.807, 2.05) is 55.5 Å². The molecule has 1 heterocycles. The van der Waals surface area contributed by atoms with Gasteiger partial charge in [0.25, 0.3) is 5.91 Å². The number of nitrogens with one attached hydrogen (secondary N) is 1. The molecule has 3 aromatic carbocycles. The van der Waals surface area contributed by atoms with E-state index >= 15 is 0 Å². The van der Waals surface area contributed by atoms with Crippen LogP contribution in [0, 0.1) is 0 Å². The molecule has 0 aliphatic heterocycles. The minimum atomic E-state index is -0.543. The average molecular weight is 454 g/mol. The number of benzene rings is 3. The number of aromatic nitrogens is 2. The molecule has 1 N–H and O–H groups in total. The van der Waals surface area contributed by atoms with E-state index in [2.05, 4.69) is 17.4 Å². The Hall–Kier alpha value is -3.93. The van der Waals surface area contributed by atoms with Gasteiger partial charge < -0.3 is 9.88 Å². The first-order valence-corrected chi connectivity index (χ1v) is 11.8. The van der Waals surface area contributed by atoms with Crippen LogP contribution in [0.5, 0.6) is 0 Å². The van der Waals surface area contributed by atoms with Crippen molar-refractivity contribution in [3.63, 3.8) is 0 Å². The van der Waals surface area contributed by atoms with Crippen molar-refractivity contribution in [3.8, 4) is 0 Å². The van der Waals surface area contributed by atoms with Crippen molar-refractivity contribution < 1.29 is 4.79 Å². The van der Waals surface area contributed by atoms with E-state index in [1.54, 1.807) is 12.1 Å². The molecule has 1 atom stereocenters. The van der Waals surface area contributed by atoms with Crippen molar-refractivity contribution in [1.82, 2.24) is 14.5 Å². The zero-order chi connectivity index (χ0) is 23.7. The Bertz CT molecular complexity index is 1480. The van der Waals surface area contributed by atoms with Gasteiger partial charge in [-0.2, -0.15) is 0 Å². The van der Waals surface area contributed by atoms with Gasteiger partial charge in [0.2, 0.25) is 0 Å². The van der Waals surface area contributed by atoms with Crippen LogP contribution in [0.1, 0.15) is 52.9 Å². The summed E-state index contributed by atoms with van der Waals surface area (Å²) in [5.74, 6) is -0.110. The number of amides is 1. The molecule has 4 aromatic rings. The van der Waals surface area contributed by atoms with Crippen LogP contribution in [0.3, 0.4) is 0 Å². The third-order valence-corrected chi connectivity index (χ3v) is 6.68. The zero-order valence-corrected chi connectivity index (χ0v) is 19.2. The van der Waals surface area contributed by atoms with Crippen LogP contribution in [0.4, 0.5) is 0 Å². The topological polar surface area (TPSA) is 73.1 Å². The maximum Gasteiger partial charge on any atom is 0.317 e. The van der Waals surface area contributed by atoms with Crippen LogP contribution in [-0.2, 0) is 19.5 Å². The van der Waals surface area contributed by atoms with Gasteiger partial charge in [-0.25, -0.2) is 0 Å². The second-order valence-electron chi connectivity index (χ2n) is 8.74. The summed E-state index contributed by atoms with van der Waals surface area (Å²) in [6, 6.07) is 23.0. The van der Waals surface area contributed by atoms with Gasteiger partial charge in [-0.1, -0.05) is 48.5 Å². The molecule has 172 valence electrons. The molecule has 1 aliphatic carbocycles. The molecule has 1 aliphatic rings. The highest BCUT2D eigenvalue weighted by Crippen LogP contribution is 2.29. The standard InChI is InChI=1S/C28H27N3O3/c1-2-30-24-12-5-6-13-25(24)31(28(34)27(30)33)18-19-14-16-21(17-15-19)26(32)29-23-11-7-9-20-8-3-4-10-22(20)23/h3-6,8,10,12-17,23H,2,7,9,11,18H2,1H3,(H,29,32). The highest BCUT2D eigenvalue weighted by Gasteiger charge is 2.22. The van der Waals surface area contributed by atoms with Crippen LogP contribution in [0.2, 0.25) is 0 Å². The number of nitrogens with zero attached hydrogens (tertiary/aromatic N) is 2. The van der Waals surface area contributed by atoms with Crippen LogP contribution >= 0.6 is 0 Å². The molecule has 0 spiro atoms. The lowest BCUT2D eigenvalue weighted by molar-refractivity contribution is 0.0932. The third-order valence-electron chi connectivity index (χ3n) is 6.68. The number of hydrogen-bond acceptors (Lipinski definition) is 3. The summed E-state index contributed by atoms with van der Waals surface area (Å²) in [7, 11) is 0. The van der Waals surface area contributed by atoms with Gasteiger partial charge in [0, 0.05) is 12.1 Å². The summed E-state index contributed by atoms with van der Waals surface area (Å²) >= 11 is 0. The fourth-order valence-corrected chi connectivity index (χ4v) is 4.93. The van der Waals surface area contributed by atoms with E-state index in [0.717, 1.165) is 30.3 Å². The first-order chi connectivity index (χ1) is 16.6. The molecule has 0 radical (unpaired) electrons. The van der Waals surface area contributed by atoms with Crippen LogP contribution in [-0.4, -0.2) is 15.0 Å².